The lowest BCUT2D eigenvalue weighted by Crippen LogP contribution is -2.43. The Morgan fingerprint density at radius 1 is 1.40 bits per heavy atom. The van der Waals surface area contributed by atoms with Crippen molar-refractivity contribution in [2.45, 2.75) is 13.5 Å². The number of rotatable bonds is 3. The molecule has 0 aromatic heterocycles. The van der Waals surface area contributed by atoms with E-state index in [0.29, 0.717) is 49.7 Å². The van der Waals surface area contributed by atoms with E-state index in [0.717, 1.165) is 15.6 Å². The Balaban J connectivity index is 1.64. The normalized spacial score (nSPS) is 18.6. The van der Waals surface area contributed by atoms with Gasteiger partial charge < -0.3 is 15.0 Å². The largest absolute Gasteiger partial charge is 0.378 e. The van der Waals surface area contributed by atoms with Gasteiger partial charge in [-0.25, -0.2) is 9.38 Å². The van der Waals surface area contributed by atoms with Gasteiger partial charge in [0.25, 0.3) is 0 Å². The summed E-state index contributed by atoms with van der Waals surface area (Å²) >= 11 is 9.58. The number of azo groups is 1. The molecular formula is C16H18BrClFN5O. The molecule has 0 bridgehead atoms. The molecule has 134 valence electrons. The van der Waals surface area contributed by atoms with Crippen molar-refractivity contribution in [2.75, 3.05) is 32.8 Å². The molecule has 1 saturated heterocycles. The number of nitrogens with one attached hydrogen (secondary N) is 1. The summed E-state index contributed by atoms with van der Waals surface area (Å²) in [5, 5.41) is 11.9. The second-order valence-electron chi connectivity index (χ2n) is 5.69. The average Bonchev–Trinajstić information content (AvgIpc) is 2.61. The summed E-state index contributed by atoms with van der Waals surface area (Å²) in [4.78, 5) is 5.97. The van der Waals surface area contributed by atoms with E-state index in [4.69, 9.17) is 16.3 Å². The van der Waals surface area contributed by atoms with Gasteiger partial charge in [-0.3, -0.25) is 0 Å². The van der Waals surface area contributed by atoms with Gasteiger partial charge in [0, 0.05) is 22.6 Å². The van der Waals surface area contributed by atoms with Gasteiger partial charge in [-0.2, -0.15) is 5.11 Å². The SMILES string of the molecule is Cc1c(Cl)cc(Br)cc1CN=NC1=NCC(F)=C(N2CCOCC2)N1. The molecule has 1 aromatic rings. The van der Waals surface area contributed by atoms with Crippen LogP contribution in [0.2, 0.25) is 5.02 Å². The van der Waals surface area contributed by atoms with Crippen molar-refractivity contribution in [3.8, 4) is 0 Å². The molecule has 0 radical (unpaired) electrons. The molecule has 1 aromatic carbocycles. The Kier molecular flexibility index (Phi) is 6.03. The standard InChI is InChI=1S/C16H18BrClFN5O/c1-10-11(6-12(17)7-13(10)18)8-21-23-16-20-9-14(19)15(22-16)24-2-4-25-5-3-24/h6-7H,2-5,8-9H2,1H3,(H,20,22). The molecule has 0 unspecified atom stereocenters. The zero-order chi connectivity index (χ0) is 17.8. The van der Waals surface area contributed by atoms with E-state index in [-0.39, 0.29) is 12.4 Å². The number of nitrogens with zero attached hydrogens (tertiary/aromatic N) is 4. The zero-order valence-electron chi connectivity index (χ0n) is 13.7. The maximum absolute atomic E-state index is 14.1. The smallest absolute Gasteiger partial charge is 0.243 e. The third-order valence-corrected chi connectivity index (χ3v) is 4.86. The van der Waals surface area contributed by atoms with Crippen molar-refractivity contribution in [1.82, 2.24) is 10.2 Å². The summed E-state index contributed by atoms with van der Waals surface area (Å²) < 4.78 is 20.3. The minimum atomic E-state index is -0.296. The second kappa shape index (κ2) is 8.25. The molecule has 2 aliphatic rings. The molecule has 1 N–H and O–H groups in total. The number of aliphatic imine (C=N–C) groups is 1. The minimum absolute atomic E-state index is 0.0320. The highest BCUT2D eigenvalue weighted by Gasteiger charge is 2.22. The molecule has 0 aliphatic carbocycles. The molecule has 0 atom stereocenters. The summed E-state index contributed by atoms with van der Waals surface area (Å²) in [5.41, 5.74) is 1.93. The fourth-order valence-corrected chi connectivity index (χ4v) is 3.44. The van der Waals surface area contributed by atoms with Crippen molar-refractivity contribution >= 4 is 33.5 Å². The molecule has 25 heavy (non-hydrogen) atoms. The Labute approximate surface area is 158 Å². The van der Waals surface area contributed by atoms with Crippen molar-refractivity contribution in [1.29, 1.82) is 0 Å². The van der Waals surface area contributed by atoms with E-state index in [1.54, 1.807) is 0 Å². The van der Waals surface area contributed by atoms with E-state index in [1.165, 1.54) is 0 Å². The van der Waals surface area contributed by atoms with Crippen LogP contribution in [-0.4, -0.2) is 43.7 Å². The fraction of sp³-hybridized carbons (Fsp3) is 0.438. The van der Waals surface area contributed by atoms with Crippen molar-refractivity contribution in [3.63, 3.8) is 0 Å². The van der Waals surface area contributed by atoms with Crippen LogP contribution >= 0.6 is 27.5 Å². The number of benzene rings is 1. The van der Waals surface area contributed by atoms with Crippen LogP contribution < -0.4 is 5.32 Å². The number of guanidine groups is 1. The number of hydrogen-bond acceptors (Lipinski definition) is 6. The Morgan fingerprint density at radius 3 is 2.92 bits per heavy atom. The number of morpholine rings is 1. The highest BCUT2D eigenvalue weighted by molar-refractivity contribution is 9.10. The van der Waals surface area contributed by atoms with E-state index in [1.807, 2.05) is 24.0 Å². The molecule has 9 heteroatoms. The van der Waals surface area contributed by atoms with Crippen LogP contribution in [-0.2, 0) is 11.3 Å². The number of hydrogen-bond donors (Lipinski definition) is 1. The van der Waals surface area contributed by atoms with Crippen LogP contribution in [0.5, 0.6) is 0 Å². The van der Waals surface area contributed by atoms with Gasteiger partial charge in [0.2, 0.25) is 5.96 Å². The third-order valence-electron chi connectivity index (χ3n) is 4.01. The summed E-state index contributed by atoms with van der Waals surface area (Å²) in [6, 6.07) is 3.79. The lowest BCUT2D eigenvalue weighted by molar-refractivity contribution is 0.0499. The highest BCUT2D eigenvalue weighted by atomic mass is 79.9. The summed E-state index contributed by atoms with van der Waals surface area (Å²) in [6.07, 6.45) is 0. The van der Waals surface area contributed by atoms with Crippen LogP contribution in [0.25, 0.3) is 0 Å². The average molecular weight is 431 g/mol. The predicted molar refractivity (Wildman–Crippen MR) is 98.4 cm³/mol. The summed E-state index contributed by atoms with van der Waals surface area (Å²) in [6.45, 7) is 4.70. The predicted octanol–water partition coefficient (Wildman–Crippen LogP) is 3.79. The summed E-state index contributed by atoms with van der Waals surface area (Å²) in [7, 11) is 0. The first kappa shape index (κ1) is 18.3. The first-order chi connectivity index (χ1) is 12.0. The molecule has 0 saturated carbocycles. The number of ether oxygens (including phenoxy) is 1. The van der Waals surface area contributed by atoms with Crippen molar-refractivity contribution < 1.29 is 9.13 Å². The fourth-order valence-electron chi connectivity index (χ4n) is 2.57. The summed E-state index contributed by atoms with van der Waals surface area (Å²) in [5.74, 6) is 0.422. The van der Waals surface area contributed by atoms with E-state index in [9.17, 15) is 4.39 Å². The van der Waals surface area contributed by atoms with E-state index < -0.39 is 0 Å². The van der Waals surface area contributed by atoms with E-state index in [2.05, 4.69) is 36.5 Å². The first-order valence-electron chi connectivity index (χ1n) is 7.89. The highest BCUT2D eigenvalue weighted by Crippen LogP contribution is 2.25. The van der Waals surface area contributed by atoms with Gasteiger partial charge in [-0.15, -0.1) is 5.11 Å². The molecule has 2 heterocycles. The van der Waals surface area contributed by atoms with Gasteiger partial charge in [-0.1, -0.05) is 27.5 Å². The molecule has 3 rings (SSSR count). The van der Waals surface area contributed by atoms with Crippen LogP contribution in [0.3, 0.4) is 0 Å². The maximum Gasteiger partial charge on any atom is 0.243 e. The lowest BCUT2D eigenvalue weighted by atomic mass is 10.1. The van der Waals surface area contributed by atoms with Crippen LogP contribution in [0.15, 0.2) is 43.5 Å². The molecule has 1 fully saturated rings. The first-order valence-corrected chi connectivity index (χ1v) is 9.06. The Morgan fingerprint density at radius 2 is 2.16 bits per heavy atom. The maximum atomic E-state index is 14.1. The van der Waals surface area contributed by atoms with Crippen molar-refractivity contribution in [2.24, 2.45) is 15.2 Å². The molecular weight excluding hydrogens is 413 g/mol. The quantitative estimate of drug-likeness (QED) is 0.742. The second-order valence-corrected chi connectivity index (χ2v) is 7.01. The zero-order valence-corrected chi connectivity index (χ0v) is 16.1. The number of halogens is 3. The Hall–Kier alpha value is -1.51. The van der Waals surface area contributed by atoms with Gasteiger partial charge in [0.1, 0.15) is 5.82 Å². The van der Waals surface area contributed by atoms with Gasteiger partial charge in [0.15, 0.2) is 5.83 Å². The van der Waals surface area contributed by atoms with Crippen LogP contribution in [0.1, 0.15) is 11.1 Å². The molecule has 0 spiro atoms. The third kappa shape index (κ3) is 4.56. The van der Waals surface area contributed by atoms with Crippen LogP contribution in [0.4, 0.5) is 4.39 Å². The van der Waals surface area contributed by atoms with Gasteiger partial charge in [0.05, 0.1) is 26.3 Å². The van der Waals surface area contributed by atoms with Gasteiger partial charge >= 0.3 is 0 Å². The topological polar surface area (TPSA) is 61.6 Å². The molecule has 2 aliphatic heterocycles. The van der Waals surface area contributed by atoms with Gasteiger partial charge in [-0.05, 0) is 30.2 Å². The molecule has 0 amide bonds. The van der Waals surface area contributed by atoms with E-state index >= 15 is 0 Å². The monoisotopic (exact) mass is 429 g/mol. The van der Waals surface area contributed by atoms with Crippen molar-refractivity contribution in [3.05, 3.63) is 44.4 Å². The molecule has 6 nitrogen and oxygen atoms in total. The Bertz CT molecular complexity index is 746. The van der Waals surface area contributed by atoms with Crippen LogP contribution in [0, 0.1) is 6.92 Å². The lowest BCUT2D eigenvalue weighted by Gasteiger charge is -2.32. The minimum Gasteiger partial charge on any atom is -0.378 e.